The van der Waals surface area contributed by atoms with Crippen LogP contribution in [0.4, 0.5) is 0 Å². The molecule has 0 spiro atoms. The second kappa shape index (κ2) is 14.3. The number of fused-ring (bicyclic) bond motifs is 1. The van der Waals surface area contributed by atoms with Crippen molar-refractivity contribution in [1.82, 2.24) is 0 Å². The molecule has 2 rings (SSSR count). The first-order valence-electron chi connectivity index (χ1n) is 10.9. The molecule has 0 amide bonds. The zero-order valence-corrected chi connectivity index (χ0v) is 19.0. The van der Waals surface area contributed by atoms with E-state index in [0.29, 0.717) is 30.9 Å². The number of hydrogen-bond donors (Lipinski definition) is 0. The minimum atomic E-state index is -0.546. The number of carbonyl (C=O) groups is 1. The Morgan fingerprint density at radius 3 is 2.50 bits per heavy atom. The van der Waals surface area contributed by atoms with Gasteiger partial charge in [-0.2, -0.15) is 0 Å². The van der Waals surface area contributed by atoms with E-state index in [1.807, 2.05) is 39.0 Å². The van der Waals surface area contributed by atoms with E-state index in [4.69, 9.17) is 23.7 Å². The normalized spacial score (nSPS) is 20.7. The number of cyclic esters (lactones) is 1. The van der Waals surface area contributed by atoms with E-state index < -0.39 is 5.97 Å². The molecule has 8 nitrogen and oxygen atoms in total. The summed E-state index contributed by atoms with van der Waals surface area (Å²) in [5, 5.41) is 14.6. The monoisotopic (exact) mass is 446 g/mol. The molecule has 1 aliphatic rings. The van der Waals surface area contributed by atoms with E-state index in [1.165, 1.54) is 0 Å². The van der Waals surface area contributed by atoms with Gasteiger partial charge in [0, 0.05) is 37.8 Å². The van der Waals surface area contributed by atoms with Crippen LogP contribution >= 0.6 is 0 Å². The fourth-order valence-electron chi connectivity index (χ4n) is 3.02. The second-order valence-electron chi connectivity index (χ2n) is 7.13. The minimum Gasteiger partial charge on any atom is -0.792 e. The maximum absolute atomic E-state index is 13.1. The van der Waals surface area contributed by atoms with E-state index in [1.54, 1.807) is 18.2 Å². The molecule has 0 N–H and O–H groups in total. The van der Waals surface area contributed by atoms with Gasteiger partial charge in [-0.3, -0.25) is 0 Å². The van der Waals surface area contributed by atoms with Gasteiger partial charge in [0.15, 0.2) is 13.6 Å². The molecule has 0 saturated carbocycles. The molecule has 1 aromatic rings. The number of hydrogen-bond acceptors (Lipinski definition) is 8. The van der Waals surface area contributed by atoms with Crippen molar-refractivity contribution in [1.29, 1.82) is 0 Å². The standard InChI is InChI=1S/C24H33NO7/c1-4-28-16-30-21-14-19-13-20(25-27)12-10-8-6-7-9-11-18(3)32-24(26)23(19)22(15-21)31-17-29-5-2/h7,9-10,12,14-15,18,27H,4-6,8,11,13,16-17H2,1-3H3/p-1/b9-7+,12-10+,25-20-/t18-/m1/s1. The summed E-state index contributed by atoms with van der Waals surface area (Å²) in [4.78, 5) is 13.1. The first kappa shape index (κ1) is 25.4. The van der Waals surface area contributed by atoms with Gasteiger partial charge in [0.05, 0.1) is 0 Å². The summed E-state index contributed by atoms with van der Waals surface area (Å²) >= 11 is 0. The van der Waals surface area contributed by atoms with Gasteiger partial charge < -0.3 is 34.0 Å². The number of nitrogens with zero attached hydrogens (tertiary/aromatic N) is 1. The summed E-state index contributed by atoms with van der Waals surface area (Å²) in [5.41, 5.74) is 1.01. The summed E-state index contributed by atoms with van der Waals surface area (Å²) in [6, 6.07) is 3.27. The highest BCUT2D eigenvalue weighted by atomic mass is 16.7. The van der Waals surface area contributed by atoms with Crippen LogP contribution in [0.1, 0.15) is 56.0 Å². The summed E-state index contributed by atoms with van der Waals surface area (Å²) < 4.78 is 27.6. The predicted molar refractivity (Wildman–Crippen MR) is 122 cm³/mol. The lowest BCUT2D eigenvalue weighted by molar-refractivity contribution is 0.0161. The van der Waals surface area contributed by atoms with Crippen molar-refractivity contribution in [3.8, 4) is 11.5 Å². The third kappa shape index (κ3) is 8.36. The summed E-state index contributed by atoms with van der Waals surface area (Å²) in [7, 11) is 0. The molecule has 8 heteroatoms. The molecular formula is C24H32NO7-. The van der Waals surface area contributed by atoms with Gasteiger partial charge in [0.1, 0.15) is 23.2 Å². The van der Waals surface area contributed by atoms with Gasteiger partial charge >= 0.3 is 5.97 Å². The third-order valence-corrected chi connectivity index (χ3v) is 4.62. The van der Waals surface area contributed by atoms with Crippen LogP contribution in [-0.4, -0.2) is 44.6 Å². The van der Waals surface area contributed by atoms with Crippen molar-refractivity contribution in [2.24, 2.45) is 5.16 Å². The number of allylic oxidation sites excluding steroid dienone is 3. The molecule has 0 radical (unpaired) electrons. The Morgan fingerprint density at radius 1 is 1.06 bits per heavy atom. The smallest absolute Gasteiger partial charge is 0.342 e. The summed E-state index contributed by atoms with van der Waals surface area (Å²) in [6.07, 6.45) is 9.58. The van der Waals surface area contributed by atoms with Crippen LogP contribution in [0.25, 0.3) is 0 Å². The van der Waals surface area contributed by atoms with Crippen LogP contribution in [0.5, 0.6) is 11.5 Å². The van der Waals surface area contributed by atoms with Crippen molar-refractivity contribution >= 4 is 11.7 Å². The zero-order valence-electron chi connectivity index (χ0n) is 19.0. The molecule has 1 aromatic carbocycles. The lowest BCUT2D eigenvalue weighted by atomic mass is 9.99. The fraction of sp³-hybridized carbons (Fsp3) is 0.500. The Hall–Kier alpha value is -2.84. The first-order valence-corrected chi connectivity index (χ1v) is 10.9. The molecule has 1 atom stereocenters. The Morgan fingerprint density at radius 2 is 1.78 bits per heavy atom. The molecule has 1 heterocycles. The minimum absolute atomic E-state index is 0.0381. The molecule has 0 saturated heterocycles. The average Bonchev–Trinajstić information content (AvgIpc) is 2.77. The number of carbonyl (C=O) groups excluding carboxylic acids is 1. The molecule has 32 heavy (non-hydrogen) atoms. The molecule has 0 aromatic heterocycles. The van der Waals surface area contributed by atoms with Gasteiger partial charge in [-0.25, -0.2) is 4.79 Å². The predicted octanol–water partition coefficient (Wildman–Crippen LogP) is 4.76. The topological polar surface area (TPSA) is 98.6 Å². The van der Waals surface area contributed by atoms with Crippen LogP contribution in [-0.2, 0) is 20.6 Å². The van der Waals surface area contributed by atoms with Crippen molar-refractivity contribution < 1.29 is 28.5 Å². The fourth-order valence-corrected chi connectivity index (χ4v) is 3.02. The Bertz CT molecular complexity index is 817. The van der Waals surface area contributed by atoms with Crippen LogP contribution in [0.15, 0.2) is 41.6 Å². The van der Waals surface area contributed by atoms with Gasteiger partial charge in [-0.15, -0.1) is 0 Å². The van der Waals surface area contributed by atoms with Crippen molar-refractivity contribution in [2.75, 3.05) is 26.8 Å². The molecule has 1 aliphatic heterocycles. The van der Waals surface area contributed by atoms with E-state index in [2.05, 4.69) is 5.16 Å². The van der Waals surface area contributed by atoms with Crippen molar-refractivity contribution in [3.63, 3.8) is 0 Å². The molecule has 0 fully saturated rings. The maximum Gasteiger partial charge on any atom is 0.342 e. The van der Waals surface area contributed by atoms with Gasteiger partial charge in [0.2, 0.25) is 0 Å². The number of esters is 1. The van der Waals surface area contributed by atoms with E-state index in [-0.39, 0.29) is 43.1 Å². The molecule has 0 aliphatic carbocycles. The van der Waals surface area contributed by atoms with E-state index in [0.717, 1.165) is 12.8 Å². The molecular weight excluding hydrogens is 414 g/mol. The largest absolute Gasteiger partial charge is 0.792 e. The quantitative estimate of drug-likeness (QED) is 0.187. The number of benzene rings is 1. The third-order valence-electron chi connectivity index (χ3n) is 4.62. The lowest BCUT2D eigenvalue weighted by Gasteiger charge is -2.19. The second-order valence-corrected chi connectivity index (χ2v) is 7.13. The number of rotatable bonds is 8. The SMILES string of the molecule is CCOCOc1cc2c(c(OCOCC)c1)C(=O)O[C@H](C)C/C=C/CC/C=C/C(=N/[O-])C2. The lowest BCUT2D eigenvalue weighted by Crippen LogP contribution is -2.19. The Balaban J connectivity index is 2.51. The summed E-state index contributed by atoms with van der Waals surface area (Å²) in [5.74, 6) is 0.134. The highest BCUT2D eigenvalue weighted by molar-refractivity contribution is 6.01. The highest BCUT2D eigenvalue weighted by Gasteiger charge is 2.23. The van der Waals surface area contributed by atoms with Crippen molar-refractivity contribution in [2.45, 2.75) is 52.6 Å². The first-order chi connectivity index (χ1) is 15.6. The van der Waals surface area contributed by atoms with Gasteiger partial charge in [-0.1, -0.05) is 18.2 Å². The molecule has 0 bridgehead atoms. The van der Waals surface area contributed by atoms with E-state index >= 15 is 0 Å². The number of ether oxygens (including phenoxy) is 5. The molecule has 176 valence electrons. The molecule has 0 unspecified atom stereocenters. The Kier molecular flexibility index (Phi) is 11.3. The maximum atomic E-state index is 13.1. The Labute approximate surface area is 189 Å². The van der Waals surface area contributed by atoms with Crippen LogP contribution in [0.2, 0.25) is 0 Å². The zero-order chi connectivity index (χ0) is 23.2. The van der Waals surface area contributed by atoms with Crippen molar-refractivity contribution in [3.05, 3.63) is 52.8 Å². The summed E-state index contributed by atoms with van der Waals surface area (Å²) in [6.45, 7) is 6.47. The van der Waals surface area contributed by atoms with Gasteiger partial charge in [-0.05, 0) is 51.3 Å². The average molecular weight is 447 g/mol. The van der Waals surface area contributed by atoms with Crippen LogP contribution in [0, 0.1) is 5.21 Å². The van der Waals surface area contributed by atoms with E-state index in [9.17, 15) is 10.0 Å². The van der Waals surface area contributed by atoms with Crippen LogP contribution < -0.4 is 9.47 Å². The highest BCUT2D eigenvalue weighted by Crippen LogP contribution is 2.31. The van der Waals surface area contributed by atoms with Crippen LogP contribution in [0.3, 0.4) is 0 Å². The van der Waals surface area contributed by atoms with Gasteiger partial charge in [0.25, 0.3) is 0 Å².